The van der Waals surface area contributed by atoms with Gasteiger partial charge < -0.3 is 10.2 Å². The standard InChI is InChI=1S/C19H22N6/c1-2-6-15(7-3-1)19-16(13-22-24-19)12-20-14-17-8-5-11-25(17)18-9-4-10-21-23-18/h1-4,6-7,9-10,13,17,20H,5,8,11-12,14H2,(H,22,24)/t17-/m0/s1. The van der Waals surface area contributed by atoms with Crippen molar-refractivity contribution in [2.75, 3.05) is 18.0 Å². The second-order valence-electron chi connectivity index (χ2n) is 6.34. The lowest BCUT2D eigenvalue weighted by Gasteiger charge is -2.25. The Balaban J connectivity index is 1.38. The Hall–Kier alpha value is -2.73. The highest BCUT2D eigenvalue weighted by Gasteiger charge is 2.25. The molecule has 4 rings (SSSR count). The van der Waals surface area contributed by atoms with E-state index in [0.29, 0.717) is 6.04 Å². The molecule has 25 heavy (non-hydrogen) atoms. The number of hydrogen-bond acceptors (Lipinski definition) is 5. The van der Waals surface area contributed by atoms with E-state index in [0.717, 1.165) is 31.1 Å². The van der Waals surface area contributed by atoms with Crippen LogP contribution >= 0.6 is 0 Å². The van der Waals surface area contributed by atoms with Crippen molar-refractivity contribution in [3.8, 4) is 11.3 Å². The molecule has 0 spiro atoms. The third kappa shape index (κ3) is 3.53. The van der Waals surface area contributed by atoms with E-state index in [1.807, 2.05) is 36.5 Å². The van der Waals surface area contributed by atoms with Crippen LogP contribution in [0.2, 0.25) is 0 Å². The molecule has 2 N–H and O–H groups in total. The SMILES string of the molecule is c1ccc(-c2[nH]ncc2CNC[C@@H]2CCCN2c2cccnn2)cc1. The number of aromatic nitrogens is 4. The average Bonchev–Trinajstić information content (AvgIpc) is 3.33. The highest BCUT2D eigenvalue weighted by Crippen LogP contribution is 2.23. The molecule has 3 aromatic rings. The van der Waals surface area contributed by atoms with E-state index in [4.69, 9.17) is 0 Å². The smallest absolute Gasteiger partial charge is 0.151 e. The fourth-order valence-electron chi connectivity index (χ4n) is 3.47. The summed E-state index contributed by atoms with van der Waals surface area (Å²) >= 11 is 0. The van der Waals surface area contributed by atoms with Crippen molar-refractivity contribution < 1.29 is 0 Å². The zero-order chi connectivity index (χ0) is 16.9. The lowest BCUT2D eigenvalue weighted by molar-refractivity contribution is 0.570. The summed E-state index contributed by atoms with van der Waals surface area (Å²) in [6, 6.07) is 14.8. The molecule has 0 aliphatic carbocycles. The summed E-state index contributed by atoms with van der Waals surface area (Å²) in [7, 11) is 0. The molecule has 1 fully saturated rings. The number of anilines is 1. The molecule has 128 valence electrons. The van der Waals surface area contributed by atoms with Crippen LogP contribution in [0.5, 0.6) is 0 Å². The van der Waals surface area contributed by atoms with Gasteiger partial charge in [-0.2, -0.15) is 10.2 Å². The van der Waals surface area contributed by atoms with Crippen LogP contribution in [0.15, 0.2) is 54.9 Å². The van der Waals surface area contributed by atoms with Crippen LogP contribution in [0, 0.1) is 0 Å². The summed E-state index contributed by atoms with van der Waals surface area (Å²) in [5.74, 6) is 0.972. The van der Waals surface area contributed by atoms with Crippen molar-refractivity contribution in [1.29, 1.82) is 0 Å². The quantitative estimate of drug-likeness (QED) is 0.725. The maximum Gasteiger partial charge on any atom is 0.151 e. The third-order valence-corrected chi connectivity index (χ3v) is 4.71. The van der Waals surface area contributed by atoms with Gasteiger partial charge in [0.05, 0.1) is 11.9 Å². The van der Waals surface area contributed by atoms with Gasteiger partial charge in [0.15, 0.2) is 5.82 Å². The normalized spacial score (nSPS) is 17.1. The number of hydrogen-bond donors (Lipinski definition) is 2. The Morgan fingerprint density at radius 2 is 2.08 bits per heavy atom. The summed E-state index contributed by atoms with van der Waals surface area (Å²) < 4.78 is 0. The highest BCUT2D eigenvalue weighted by molar-refractivity contribution is 5.62. The van der Waals surface area contributed by atoms with Crippen LogP contribution in [-0.4, -0.2) is 39.5 Å². The van der Waals surface area contributed by atoms with Gasteiger partial charge in [0.25, 0.3) is 0 Å². The van der Waals surface area contributed by atoms with Gasteiger partial charge in [0.1, 0.15) is 0 Å². The van der Waals surface area contributed by atoms with Gasteiger partial charge in [-0.15, -0.1) is 5.10 Å². The monoisotopic (exact) mass is 334 g/mol. The molecule has 1 aliphatic heterocycles. The first-order chi connectivity index (χ1) is 12.4. The first kappa shape index (κ1) is 15.8. The Morgan fingerprint density at radius 3 is 2.92 bits per heavy atom. The van der Waals surface area contributed by atoms with Gasteiger partial charge >= 0.3 is 0 Å². The summed E-state index contributed by atoms with van der Waals surface area (Å²) in [5.41, 5.74) is 3.44. The van der Waals surface area contributed by atoms with Crippen LogP contribution in [0.4, 0.5) is 5.82 Å². The highest BCUT2D eigenvalue weighted by atomic mass is 15.3. The van der Waals surface area contributed by atoms with Crippen LogP contribution in [-0.2, 0) is 6.54 Å². The number of aromatic amines is 1. The van der Waals surface area contributed by atoms with E-state index in [2.05, 4.69) is 42.7 Å². The molecule has 2 aromatic heterocycles. The van der Waals surface area contributed by atoms with Crippen LogP contribution in [0.1, 0.15) is 18.4 Å². The molecule has 0 unspecified atom stereocenters. The van der Waals surface area contributed by atoms with E-state index in [1.165, 1.54) is 24.0 Å². The van der Waals surface area contributed by atoms with Crippen molar-refractivity contribution >= 4 is 5.82 Å². The molecule has 1 aliphatic rings. The number of H-pyrrole nitrogens is 1. The molecule has 0 saturated carbocycles. The minimum Gasteiger partial charge on any atom is -0.351 e. The van der Waals surface area contributed by atoms with Crippen LogP contribution < -0.4 is 10.2 Å². The van der Waals surface area contributed by atoms with E-state index in [-0.39, 0.29) is 0 Å². The number of nitrogens with zero attached hydrogens (tertiary/aromatic N) is 4. The van der Waals surface area contributed by atoms with E-state index < -0.39 is 0 Å². The zero-order valence-electron chi connectivity index (χ0n) is 14.1. The second kappa shape index (κ2) is 7.44. The van der Waals surface area contributed by atoms with Gasteiger partial charge in [0.2, 0.25) is 0 Å². The van der Waals surface area contributed by atoms with Crippen molar-refractivity contribution in [2.45, 2.75) is 25.4 Å². The molecule has 3 heterocycles. The Kier molecular flexibility index (Phi) is 4.70. The topological polar surface area (TPSA) is 69.7 Å². The maximum atomic E-state index is 4.26. The van der Waals surface area contributed by atoms with Crippen molar-refractivity contribution in [3.63, 3.8) is 0 Å². The molecule has 6 nitrogen and oxygen atoms in total. The van der Waals surface area contributed by atoms with Crippen LogP contribution in [0.3, 0.4) is 0 Å². The summed E-state index contributed by atoms with van der Waals surface area (Å²) in [5, 5.41) is 19.2. The lowest BCUT2D eigenvalue weighted by Crippen LogP contribution is -2.38. The Morgan fingerprint density at radius 1 is 1.16 bits per heavy atom. The molecule has 0 bridgehead atoms. The maximum absolute atomic E-state index is 4.26. The number of rotatable bonds is 6. The Bertz CT molecular complexity index is 786. The van der Waals surface area contributed by atoms with Crippen molar-refractivity contribution in [1.82, 2.24) is 25.7 Å². The Labute approximate surface area is 147 Å². The zero-order valence-corrected chi connectivity index (χ0v) is 14.1. The fraction of sp³-hybridized carbons (Fsp3) is 0.316. The third-order valence-electron chi connectivity index (χ3n) is 4.71. The summed E-state index contributed by atoms with van der Waals surface area (Å²) in [6.07, 6.45) is 6.01. The molecular weight excluding hydrogens is 312 g/mol. The van der Waals surface area contributed by atoms with Gasteiger partial charge in [-0.25, -0.2) is 0 Å². The summed E-state index contributed by atoms with van der Waals surface area (Å²) in [6.45, 7) is 2.77. The first-order valence-corrected chi connectivity index (χ1v) is 8.74. The molecule has 0 radical (unpaired) electrons. The van der Waals surface area contributed by atoms with Gasteiger partial charge in [0, 0.05) is 37.4 Å². The number of nitrogens with one attached hydrogen (secondary N) is 2. The van der Waals surface area contributed by atoms with Gasteiger partial charge in [-0.1, -0.05) is 30.3 Å². The molecule has 1 saturated heterocycles. The average molecular weight is 334 g/mol. The van der Waals surface area contributed by atoms with Crippen molar-refractivity contribution in [2.24, 2.45) is 0 Å². The molecule has 1 aromatic carbocycles. The molecular formula is C19H22N6. The van der Waals surface area contributed by atoms with Crippen LogP contribution in [0.25, 0.3) is 11.3 Å². The molecule has 1 atom stereocenters. The predicted octanol–water partition coefficient (Wildman–Crippen LogP) is 2.63. The van der Waals surface area contributed by atoms with E-state index >= 15 is 0 Å². The number of benzene rings is 1. The minimum absolute atomic E-state index is 0.462. The second-order valence-corrected chi connectivity index (χ2v) is 6.34. The largest absolute Gasteiger partial charge is 0.351 e. The van der Waals surface area contributed by atoms with Gasteiger partial charge in [-0.05, 0) is 30.5 Å². The van der Waals surface area contributed by atoms with E-state index in [1.54, 1.807) is 6.20 Å². The van der Waals surface area contributed by atoms with Gasteiger partial charge in [-0.3, -0.25) is 5.10 Å². The predicted molar refractivity (Wildman–Crippen MR) is 98.1 cm³/mol. The van der Waals surface area contributed by atoms with Crippen molar-refractivity contribution in [3.05, 3.63) is 60.4 Å². The molecule has 0 amide bonds. The lowest BCUT2D eigenvalue weighted by atomic mass is 10.1. The summed E-state index contributed by atoms with van der Waals surface area (Å²) in [4.78, 5) is 2.35. The fourth-order valence-corrected chi connectivity index (χ4v) is 3.47. The van der Waals surface area contributed by atoms with E-state index in [9.17, 15) is 0 Å². The minimum atomic E-state index is 0.462. The first-order valence-electron chi connectivity index (χ1n) is 8.74. The molecule has 6 heteroatoms.